The van der Waals surface area contributed by atoms with E-state index in [0.717, 1.165) is 40.2 Å². The Hall–Kier alpha value is -2.31. The van der Waals surface area contributed by atoms with Crippen LogP contribution in [0.3, 0.4) is 0 Å². The Morgan fingerprint density at radius 3 is 2.56 bits per heavy atom. The van der Waals surface area contributed by atoms with E-state index in [4.69, 9.17) is 16.6 Å². The van der Waals surface area contributed by atoms with Gasteiger partial charge in [0.15, 0.2) is 0 Å². The molecule has 0 unspecified atom stereocenters. The maximum Gasteiger partial charge on any atom is 0.246 e. The summed E-state index contributed by atoms with van der Waals surface area (Å²) < 4.78 is 0.910. The van der Waals surface area contributed by atoms with Crippen LogP contribution < -0.4 is 4.90 Å². The minimum absolute atomic E-state index is 0.0186. The van der Waals surface area contributed by atoms with Gasteiger partial charge >= 0.3 is 0 Å². The second kappa shape index (κ2) is 9.28. The lowest BCUT2D eigenvalue weighted by Gasteiger charge is -2.40. The van der Waals surface area contributed by atoms with Crippen molar-refractivity contribution in [2.24, 2.45) is 4.99 Å². The van der Waals surface area contributed by atoms with E-state index in [2.05, 4.69) is 77.3 Å². The highest BCUT2D eigenvalue weighted by atomic mass is 79.9. The predicted octanol–water partition coefficient (Wildman–Crippen LogP) is 5.72. The molecule has 0 saturated carbocycles. The van der Waals surface area contributed by atoms with Gasteiger partial charge in [-0.05, 0) is 58.1 Å². The van der Waals surface area contributed by atoms with Crippen LogP contribution in [0, 0.1) is 6.92 Å². The Balaban J connectivity index is 1.76. The summed E-state index contributed by atoms with van der Waals surface area (Å²) in [6.07, 6.45) is 1.38. The lowest BCUT2D eigenvalue weighted by atomic mass is 9.97. The van der Waals surface area contributed by atoms with Gasteiger partial charge < -0.3 is 14.7 Å². The third kappa shape index (κ3) is 4.06. The minimum atomic E-state index is -0.0186. The van der Waals surface area contributed by atoms with Gasteiger partial charge in [0, 0.05) is 41.9 Å². The molecule has 2 aromatic rings. The largest absolute Gasteiger partial charge is 0.353 e. The molecule has 5 nitrogen and oxygen atoms in total. The van der Waals surface area contributed by atoms with Crippen LogP contribution in [0.15, 0.2) is 52.5 Å². The Bertz CT molecular complexity index is 1090. The van der Waals surface area contributed by atoms with Gasteiger partial charge in [0.2, 0.25) is 5.91 Å². The average molecular weight is 516 g/mol. The van der Waals surface area contributed by atoms with E-state index in [9.17, 15) is 4.79 Å². The second-order valence-corrected chi connectivity index (χ2v) is 9.67. The van der Waals surface area contributed by atoms with Crippen molar-refractivity contribution in [3.63, 3.8) is 0 Å². The number of amides is 1. The standard InChI is InChI=1S/C25H28BrClN4O/c1-5-22(32)29-10-12-30(13-11-29)25-19-14-20(27)23(26)17(4)24(19)31(15-28-25)21-9-7-6-8-18(21)16(2)3/h5-9,14,16H,1,10-13,15H2,2-4H3. The van der Waals surface area contributed by atoms with Crippen LogP contribution >= 0.6 is 27.5 Å². The molecule has 1 fully saturated rings. The van der Waals surface area contributed by atoms with Crippen molar-refractivity contribution in [1.82, 2.24) is 9.80 Å². The van der Waals surface area contributed by atoms with Crippen molar-refractivity contribution in [2.75, 3.05) is 37.7 Å². The predicted molar refractivity (Wildman–Crippen MR) is 136 cm³/mol. The van der Waals surface area contributed by atoms with Crippen molar-refractivity contribution < 1.29 is 4.79 Å². The number of hydrogen-bond acceptors (Lipinski definition) is 4. The number of halogens is 2. The maximum atomic E-state index is 12.0. The number of aliphatic imine (C=N–C) groups is 1. The zero-order valence-corrected chi connectivity index (χ0v) is 21.1. The normalized spacial score (nSPS) is 16.2. The smallest absolute Gasteiger partial charge is 0.246 e. The number of rotatable bonds is 3. The number of carbonyl (C=O) groups excluding carboxylic acids is 1. The first kappa shape index (κ1) is 22.9. The summed E-state index contributed by atoms with van der Waals surface area (Å²) in [7, 11) is 0. The summed E-state index contributed by atoms with van der Waals surface area (Å²) in [5, 5.41) is 0.674. The average Bonchev–Trinajstić information content (AvgIpc) is 2.81. The first-order valence-electron chi connectivity index (χ1n) is 10.9. The van der Waals surface area contributed by atoms with E-state index in [1.807, 2.05) is 11.0 Å². The topological polar surface area (TPSA) is 39.2 Å². The molecule has 2 aromatic carbocycles. The Kier molecular flexibility index (Phi) is 6.63. The fourth-order valence-electron chi connectivity index (χ4n) is 4.51. The van der Waals surface area contributed by atoms with Gasteiger partial charge in [-0.2, -0.15) is 0 Å². The van der Waals surface area contributed by atoms with Gasteiger partial charge in [0.05, 0.1) is 10.7 Å². The van der Waals surface area contributed by atoms with Gasteiger partial charge in [-0.1, -0.05) is 50.2 Å². The molecule has 0 atom stereocenters. The van der Waals surface area contributed by atoms with E-state index in [1.165, 1.54) is 17.3 Å². The molecule has 0 aromatic heterocycles. The second-order valence-electron chi connectivity index (χ2n) is 8.47. The molecule has 0 radical (unpaired) electrons. The monoisotopic (exact) mass is 514 g/mol. The summed E-state index contributed by atoms with van der Waals surface area (Å²) in [6.45, 7) is 13.4. The highest BCUT2D eigenvalue weighted by Gasteiger charge is 2.31. The number of para-hydroxylation sites is 1. The Labute approximate surface area is 203 Å². The zero-order chi connectivity index (χ0) is 23.0. The van der Waals surface area contributed by atoms with E-state index < -0.39 is 0 Å². The molecule has 32 heavy (non-hydrogen) atoms. The SMILES string of the molecule is C=CC(=O)N1CCN(C2=NCN(c3ccccc3C(C)C)c3c2cc(Cl)c(Br)c3C)CC1. The van der Waals surface area contributed by atoms with Crippen LogP contribution in [0.5, 0.6) is 0 Å². The number of piperazine rings is 1. The summed E-state index contributed by atoms with van der Waals surface area (Å²) in [5.41, 5.74) is 5.72. The number of carbonyl (C=O) groups is 1. The first-order chi connectivity index (χ1) is 15.3. The van der Waals surface area contributed by atoms with Crippen molar-refractivity contribution in [3.05, 3.63) is 69.2 Å². The molecule has 1 amide bonds. The molecule has 2 heterocycles. The van der Waals surface area contributed by atoms with Crippen LogP contribution in [0.2, 0.25) is 5.02 Å². The lowest BCUT2D eigenvalue weighted by Crippen LogP contribution is -2.51. The highest BCUT2D eigenvalue weighted by Crippen LogP contribution is 2.43. The molecule has 168 valence electrons. The third-order valence-corrected chi connectivity index (χ3v) is 7.76. The molecule has 4 rings (SSSR count). The molecule has 0 N–H and O–H groups in total. The van der Waals surface area contributed by atoms with Crippen LogP contribution in [0.4, 0.5) is 11.4 Å². The van der Waals surface area contributed by atoms with Crippen LogP contribution in [0.1, 0.15) is 36.5 Å². The molecule has 2 aliphatic heterocycles. The Morgan fingerprint density at radius 1 is 1.22 bits per heavy atom. The van der Waals surface area contributed by atoms with Crippen LogP contribution in [0.25, 0.3) is 0 Å². The van der Waals surface area contributed by atoms with Crippen LogP contribution in [-0.2, 0) is 4.79 Å². The third-order valence-electron chi connectivity index (χ3n) is 6.21. The summed E-state index contributed by atoms with van der Waals surface area (Å²) in [6, 6.07) is 10.5. The molecule has 0 bridgehead atoms. The Morgan fingerprint density at radius 2 is 1.91 bits per heavy atom. The minimum Gasteiger partial charge on any atom is -0.353 e. The summed E-state index contributed by atoms with van der Waals surface area (Å²) >= 11 is 10.3. The maximum absolute atomic E-state index is 12.0. The van der Waals surface area contributed by atoms with E-state index in [-0.39, 0.29) is 5.91 Å². The van der Waals surface area contributed by atoms with E-state index >= 15 is 0 Å². The van der Waals surface area contributed by atoms with Crippen molar-refractivity contribution in [1.29, 1.82) is 0 Å². The summed E-state index contributed by atoms with van der Waals surface area (Å²) in [5.74, 6) is 1.32. The lowest BCUT2D eigenvalue weighted by molar-refractivity contribution is -0.127. The van der Waals surface area contributed by atoms with Gasteiger partial charge in [-0.3, -0.25) is 4.79 Å². The van der Waals surface area contributed by atoms with Crippen LogP contribution in [-0.4, -0.2) is 54.4 Å². The number of hydrogen-bond donors (Lipinski definition) is 0. The molecular formula is C25H28BrClN4O. The number of fused-ring (bicyclic) bond motifs is 1. The number of amidine groups is 1. The number of anilines is 2. The van der Waals surface area contributed by atoms with Gasteiger partial charge in [0.25, 0.3) is 0 Å². The molecule has 0 spiro atoms. The van der Waals surface area contributed by atoms with E-state index in [0.29, 0.717) is 30.7 Å². The molecule has 2 aliphatic rings. The first-order valence-corrected chi connectivity index (χ1v) is 12.1. The van der Waals surface area contributed by atoms with Crippen molar-refractivity contribution in [2.45, 2.75) is 26.7 Å². The fraction of sp³-hybridized carbons (Fsp3) is 0.360. The van der Waals surface area contributed by atoms with Gasteiger partial charge in [0.1, 0.15) is 12.5 Å². The van der Waals surface area contributed by atoms with Gasteiger partial charge in [-0.15, -0.1) is 0 Å². The van der Waals surface area contributed by atoms with Crippen molar-refractivity contribution in [3.8, 4) is 0 Å². The highest BCUT2D eigenvalue weighted by molar-refractivity contribution is 9.10. The number of nitrogens with zero attached hydrogens (tertiary/aromatic N) is 4. The molecule has 7 heteroatoms. The molecular weight excluding hydrogens is 488 g/mol. The summed E-state index contributed by atoms with van der Waals surface area (Å²) in [4.78, 5) is 23.4. The van der Waals surface area contributed by atoms with E-state index in [1.54, 1.807) is 0 Å². The zero-order valence-electron chi connectivity index (χ0n) is 18.7. The van der Waals surface area contributed by atoms with Crippen molar-refractivity contribution >= 4 is 50.6 Å². The quantitative estimate of drug-likeness (QED) is 0.491. The number of benzene rings is 2. The van der Waals surface area contributed by atoms with Gasteiger partial charge in [-0.25, -0.2) is 4.99 Å². The molecule has 0 aliphatic carbocycles. The molecule has 1 saturated heterocycles. The fourth-order valence-corrected chi connectivity index (χ4v) is 5.06.